The van der Waals surface area contributed by atoms with Crippen LogP contribution >= 0.6 is 0 Å². The molecule has 2 aromatic rings. The van der Waals surface area contributed by atoms with Crippen LogP contribution in [0.2, 0.25) is 0 Å². The van der Waals surface area contributed by atoms with Gasteiger partial charge in [0.15, 0.2) is 5.78 Å². The van der Waals surface area contributed by atoms with Crippen LogP contribution in [0.4, 0.5) is 13.2 Å². The van der Waals surface area contributed by atoms with Crippen molar-refractivity contribution in [3.63, 3.8) is 0 Å². The van der Waals surface area contributed by atoms with Crippen LogP contribution in [0.5, 0.6) is 0 Å². The lowest BCUT2D eigenvalue weighted by molar-refractivity contribution is -0.138. The van der Waals surface area contributed by atoms with Crippen LogP contribution in [0, 0.1) is 5.92 Å². The average Bonchev–Trinajstić information content (AvgIpc) is 3.50. The first-order valence-electron chi connectivity index (χ1n) is 11.9. The van der Waals surface area contributed by atoms with E-state index in [1.54, 1.807) is 6.92 Å². The molecule has 198 valence electrons. The van der Waals surface area contributed by atoms with E-state index in [1.165, 1.54) is 42.5 Å². The van der Waals surface area contributed by atoms with Crippen molar-refractivity contribution in [1.29, 1.82) is 0 Å². The highest BCUT2D eigenvalue weighted by atomic mass is 19.4. The fourth-order valence-electron chi connectivity index (χ4n) is 4.07. The minimum Gasteiger partial charge on any atom is -0.463 e. The number of hydrogen-bond donors (Lipinski definition) is 3. The minimum absolute atomic E-state index is 0.0843. The predicted molar refractivity (Wildman–Crippen MR) is 128 cm³/mol. The van der Waals surface area contributed by atoms with Crippen LogP contribution in [-0.4, -0.2) is 47.7 Å². The molecule has 2 unspecified atom stereocenters. The van der Waals surface area contributed by atoms with Gasteiger partial charge < -0.3 is 20.4 Å². The molecule has 0 radical (unpaired) electrons. The minimum atomic E-state index is -4.55. The molecule has 37 heavy (non-hydrogen) atoms. The Morgan fingerprint density at radius 2 is 1.92 bits per heavy atom. The van der Waals surface area contributed by atoms with Gasteiger partial charge in [0.05, 0.1) is 17.9 Å². The Hall–Kier alpha value is -3.89. The van der Waals surface area contributed by atoms with Gasteiger partial charge in [-0.1, -0.05) is 24.3 Å². The second-order valence-corrected chi connectivity index (χ2v) is 8.55. The van der Waals surface area contributed by atoms with Gasteiger partial charge in [0.1, 0.15) is 0 Å². The highest BCUT2D eigenvalue weighted by Gasteiger charge is 2.33. The number of Topliss-reactive ketones (excluding diaryl/α,β-unsaturated/α-hetero) is 1. The van der Waals surface area contributed by atoms with E-state index in [9.17, 15) is 32.3 Å². The molecule has 2 amide bonds. The number of benzene rings is 1. The zero-order valence-electron chi connectivity index (χ0n) is 20.2. The largest absolute Gasteiger partial charge is 0.463 e. The number of rotatable bonds is 11. The van der Waals surface area contributed by atoms with Crippen molar-refractivity contribution in [2.45, 2.75) is 44.8 Å². The normalized spacial score (nSPS) is 16.4. The molecule has 1 fully saturated rings. The number of hydrogen-bond acceptors (Lipinski definition) is 5. The number of H-pyrrole nitrogens is 1. The number of aromatic nitrogens is 1. The van der Waals surface area contributed by atoms with E-state index in [1.807, 2.05) is 0 Å². The Morgan fingerprint density at radius 1 is 1.16 bits per heavy atom. The number of amides is 2. The highest BCUT2D eigenvalue weighted by molar-refractivity contribution is 5.97. The molecule has 1 aromatic carbocycles. The molecule has 1 aliphatic heterocycles. The smallest absolute Gasteiger partial charge is 0.417 e. The summed E-state index contributed by atoms with van der Waals surface area (Å²) in [6, 6.07) is 7.17. The van der Waals surface area contributed by atoms with Crippen molar-refractivity contribution in [1.82, 2.24) is 15.6 Å². The molecule has 2 heterocycles. The van der Waals surface area contributed by atoms with Crippen molar-refractivity contribution >= 4 is 23.6 Å². The van der Waals surface area contributed by atoms with Gasteiger partial charge in [-0.15, -0.1) is 0 Å². The van der Waals surface area contributed by atoms with Gasteiger partial charge in [-0.3, -0.25) is 14.4 Å². The third-order valence-corrected chi connectivity index (χ3v) is 5.89. The van der Waals surface area contributed by atoms with E-state index in [2.05, 4.69) is 15.6 Å². The van der Waals surface area contributed by atoms with Gasteiger partial charge in [-0.25, -0.2) is 4.79 Å². The molecule has 0 saturated carbocycles. The monoisotopic (exact) mass is 519 g/mol. The third-order valence-electron chi connectivity index (χ3n) is 5.89. The van der Waals surface area contributed by atoms with E-state index < -0.39 is 35.4 Å². The molecule has 11 heteroatoms. The average molecular weight is 520 g/mol. The lowest BCUT2D eigenvalue weighted by atomic mass is 9.97. The number of halogens is 3. The maximum absolute atomic E-state index is 13.3. The van der Waals surface area contributed by atoms with Crippen molar-refractivity contribution in [2.75, 3.05) is 13.2 Å². The summed E-state index contributed by atoms with van der Waals surface area (Å²) in [5, 5.41) is 5.44. The first-order valence-corrected chi connectivity index (χ1v) is 11.9. The van der Waals surface area contributed by atoms with E-state index in [-0.39, 0.29) is 54.6 Å². The number of alkyl halides is 3. The quantitative estimate of drug-likeness (QED) is 0.237. The molecular weight excluding hydrogens is 491 g/mol. The zero-order chi connectivity index (χ0) is 27.0. The number of carbonyl (C=O) groups excluding carboxylic acids is 4. The number of carbonyl (C=O) groups is 4. The summed E-state index contributed by atoms with van der Waals surface area (Å²) in [5.74, 6) is -1.95. The summed E-state index contributed by atoms with van der Waals surface area (Å²) in [4.78, 5) is 51.5. The lowest BCUT2D eigenvalue weighted by Crippen LogP contribution is -2.36. The van der Waals surface area contributed by atoms with Crippen molar-refractivity contribution in [2.24, 2.45) is 5.92 Å². The molecule has 0 spiro atoms. The summed E-state index contributed by atoms with van der Waals surface area (Å²) < 4.78 is 44.8. The number of nitrogens with one attached hydrogen (secondary N) is 3. The van der Waals surface area contributed by atoms with Crippen LogP contribution in [0.25, 0.3) is 11.3 Å². The van der Waals surface area contributed by atoms with Crippen LogP contribution in [0.1, 0.15) is 48.7 Å². The van der Waals surface area contributed by atoms with E-state index in [0.717, 1.165) is 6.07 Å². The Bertz CT molecular complexity index is 1170. The van der Waals surface area contributed by atoms with Crippen LogP contribution in [0.3, 0.4) is 0 Å². The van der Waals surface area contributed by atoms with Gasteiger partial charge in [0, 0.05) is 48.7 Å². The van der Waals surface area contributed by atoms with Crippen molar-refractivity contribution in [3.05, 3.63) is 59.8 Å². The maximum atomic E-state index is 13.3. The molecule has 0 aliphatic carbocycles. The summed E-state index contributed by atoms with van der Waals surface area (Å²) >= 11 is 0. The molecule has 2 atom stereocenters. The zero-order valence-corrected chi connectivity index (χ0v) is 20.2. The van der Waals surface area contributed by atoms with Crippen LogP contribution in [-0.2, 0) is 25.3 Å². The number of ether oxygens (including phenoxy) is 1. The summed E-state index contributed by atoms with van der Waals surface area (Å²) in [6.07, 6.45) is -1.41. The summed E-state index contributed by atoms with van der Waals surface area (Å²) in [5.41, 5.74) is -0.687. The van der Waals surface area contributed by atoms with Gasteiger partial charge in [-0.05, 0) is 38.0 Å². The van der Waals surface area contributed by atoms with Crippen molar-refractivity contribution < 1.29 is 37.1 Å². The standard InChI is InChI=1S/C26H28F3N3O5/c1-2-37-24(35)12-7-17(15-16-13-14-30-25(16)36)31-23(34)11-10-22(33)21-9-8-20(32-21)18-5-3-4-6-19(18)26(27,28)29/h3-9,12,16-17,32H,2,10-11,13-15H2,1H3,(H,30,36)(H,31,34)/b12-7+. The third kappa shape index (κ3) is 7.80. The maximum Gasteiger partial charge on any atom is 0.417 e. The molecule has 8 nitrogen and oxygen atoms in total. The fraction of sp³-hybridized carbons (Fsp3) is 0.385. The lowest BCUT2D eigenvalue weighted by Gasteiger charge is -2.18. The van der Waals surface area contributed by atoms with Crippen molar-refractivity contribution in [3.8, 4) is 11.3 Å². The Kier molecular flexibility index (Phi) is 9.26. The Balaban J connectivity index is 1.61. The second kappa shape index (κ2) is 12.4. The number of ketones is 1. The molecule has 1 aliphatic rings. The van der Waals surface area contributed by atoms with Gasteiger partial charge in [0.25, 0.3) is 0 Å². The van der Waals surface area contributed by atoms with Gasteiger partial charge >= 0.3 is 12.1 Å². The topological polar surface area (TPSA) is 117 Å². The van der Waals surface area contributed by atoms with Gasteiger partial charge in [-0.2, -0.15) is 13.2 Å². The Morgan fingerprint density at radius 3 is 2.59 bits per heavy atom. The van der Waals surface area contributed by atoms with E-state index >= 15 is 0 Å². The highest BCUT2D eigenvalue weighted by Crippen LogP contribution is 2.36. The number of esters is 1. The molecule has 0 bridgehead atoms. The summed E-state index contributed by atoms with van der Waals surface area (Å²) in [7, 11) is 0. The molecular formula is C26H28F3N3O5. The number of aromatic amines is 1. The Labute approximate surface area is 211 Å². The summed E-state index contributed by atoms with van der Waals surface area (Å²) in [6.45, 7) is 2.38. The molecule has 3 rings (SSSR count). The van der Waals surface area contributed by atoms with Crippen LogP contribution < -0.4 is 10.6 Å². The molecule has 3 N–H and O–H groups in total. The first-order chi connectivity index (χ1) is 17.6. The second-order valence-electron chi connectivity index (χ2n) is 8.55. The molecule has 1 aromatic heterocycles. The van der Waals surface area contributed by atoms with E-state index in [4.69, 9.17) is 4.74 Å². The van der Waals surface area contributed by atoms with E-state index in [0.29, 0.717) is 13.0 Å². The SMILES string of the molecule is CCOC(=O)/C=C/C(CC1CCNC1=O)NC(=O)CCC(=O)c1ccc(-c2ccccc2C(F)(F)F)[nH]1. The predicted octanol–water partition coefficient (Wildman–Crippen LogP) is 3.79. The molecule has 1 saturated heterocycles. The fourth-order valence-corrected chi connectivity index (χ4v) is 4.07. The van der Waals surface area contributed by atoms with Gasteiger partial charge in [0.2, 0.25) is 11.8 Å². The first kappa shape index (κ1) is 27.7. The van der Waals surface area contributed by atoms with Crippen LogP contribution in [0.15, 0.2) is 48.6 Å².